The zero-order valence-electron chi connectivity index (χ0n) is 60.2. The lowest BCUT2D eigenvalue weighted by Gasteiger charge is -2.45. The normalized spacial score (nSPS) is 13.3. The molecule has 488 valence electrons. The smallest absolute Gasteiger partial charge is 0.264 e. The highest BCUT2D eigenvalue weighted by molar-refractivity contribution is 7.33. The molecule has 0 N–H and O–H groups in total. The van der Waals surface area contributed by atoms with Crippen LogP contribution in [0.15, 0.2) is 261 Å². The van der Waals surface area contributed by atoms with Crippen molar-refractivity contribution in [2.75, 3.05) is 14.7 Å². The molecule has 16 rings (SSSR count). The predicted molar refractivity (Wildman–Crippen MR) is 433 cm³/mol. The summed E-state index contributed by atoms with van der Waals surface area (Å²) in [5, 5.41) is 8.86. The molecule has 14 aromatic rings. The Hall–Kier alpha value is -9.94. The van der Waals surface area contributed by atoms with Crippen LogP contribution in [0.1, 0.15) is 132 Å². The maximum Gasteiger partial charge on any atom is 0.264 e. The van der Waals surface area contributed by atoms with Gasteiger partial charge in [-0.3, -0.25) is 0 Å². The Morgan fingerprint density at radius 3 is 1.23 bits per heavy atom. The molecule has 0 atom stereocenters. The van der Waals surface area contributed by atoms with Crippen molar-refractivity contribution >= 4 is 127 Å². The van der Waals surface area contributed by atoms with Gasteiger partial charge >= 0.3 is 0 Å². The van der Waals surface area contributed by atoms with E-state index in [-0.39, 0.29) is 33.8 Å². The molecule has 2 aliphatic rings. The summed E-state index contributed by atoms with van der Waals surface area (Å²) in [5.41, 5.74) is 26.0. The van der Waals surface area contributed by atoms with Crippen LogP contribution in [0.5, 0.6) is 0 Å². The minimum Gasteiger partial charge on any atom is -0.311 e. The number of nitrogens with zero attached hydrogens (tertiary/aromatic N) is 3. The summed E-state index contributed by atoms with van der Waals surface area (Å²) in [7, 11) is 0. The van der Waals surface area contributed by atoms with Gasteiger partial charge in [-0.1, -0.05) is 274 Å². The van der Waals surface area contributed by atoms with E-state index < -0.39 is 0 Å². The molecule has 3 heterocycles. The Kier molecular flexibility index (Phi) is 15.0. The third-order valence-corrected chi connectivity index (χ3v) is 22.4. The summed E-state index contributed by atoms with van der Waals surface area (Å²) in [5.74, 6) is 0. The van der Waals surface area contributed by atoms with E-state index in [1.165, 1.54) is 131 Å². The summed E-state index contributed by atoms with van der Waals surface area (Å²) in [6.45, 7) is 35.0. The molecule has 0 aliphatic carbocycles. The largest absolute Gasteiger partial charge is 0.311 e. The average Bonchev–Trinajstić information content (AvgIpc) is 1.49. The molecule has 0 saturated carbocycles. The van der Waals surface area contributed by atoms with Crippen molar-refractivity contribution in [3.8, 4) is 33.4 Å². The molecule has 0 saturated heterocycles. The number of para-hydroxylation sites is 2. The molecule has 0 unspecified atom stereocenters. The summed E-state index contributed by atoms with van der Waals surface area (Å²) >= 11 is 1.98. The zero-order valence-corrected chi connectivity index (χ0v) is 61.0. The van der Waals surface area contributed by atoms with Crippen LogP contribution in [-0.2, 0) is 27.1 Å². The van der Waals surface area contributed by atoms with E-state index in [9.17, 15) is 0 Å². The molecule has 0 bridgehead atoms. The Balaban J connectivity index is 1.06. The fourth-order valence-electron chi connectivity index (χ4n) is 15.6. The lowest BCUT2D eigenvalue weighted by Crippen LogP contribution is -2.60. The molecule has 0 amide bonds. The Morgan fingerprint density at radius 1 is 0.293 bits per heavy atom. The van der Waals surface area contributed by atoms with Gasteiger partial charge in [-0.15, -0.1) is 11.3 Å². The second-order valence-electron chi connectivity index (χ2n) is 33.1. The van der Waals surface area contributed by atoms with Crippen molar-refractivity contribution in [1.82, 2.24) is 0 Å². The van der Waals surface area contributed by atoms with E-state index in [1.54, 1.807) is 0 Å². The van der Waals surface area contributed by atoms with Crippen molar-refractivity contribution in [2.45, 2.75) is 131 Å². The van der Waals surface area contributed by atoms with Gasteiger partial charge in [-0.2, -0.15) is 0 Å². The van der Waals surface area contributed by atoms with Crippen molar-refractivity contribution in [3.05, 3.63) is 289 Å². The number of benzene rings is 13. The second-order valence-corrected chi connectivity index (χ2v) is 34.1. The first-order chi connectivity index (χ1) is 47.2. The first-order valence-corrected chi connectivity index (χ1v) is 36.3. The third-order valence-electron chi connectivity index (χ3n) is 21.2. The highest BCUT2D eigenvalue weighted by Gasteiger charge is 2.47. The molecule has 5 heteroatoms. The number of thiophene rings is 1. The number of fused-ring (bicyclic) bond motifs is 12. The maximum absolute atomic E-state index is 2.72. The topological polar surface area (TPSA) is 9.72 Å². The van der Waals surface area contributed by atoms with Crippen LogP contribution < -0.4 is 30.4 Å². The number of rotatable bonds is 8. The van der Waals surface area contributed by atoms with Gasteiger partial charge in [0.15, 0.2) is 0 Å². The SMILES string of the molecule is CC(C)(C)c1ccc(-c2cc(-c3ccc(C(C)(C)C)cc3)cc(N3c4cc(N(c5ccccc5)c5ccccc5)cc5c4B(c4cc(C(C)(C)C)ccc4N5c4ccc(C(C)(C)C)cc4-c4ccc5c6ccccc6c6ccccc6c5c4)c4sc5ccc(C(C)(C)C)cc5c43)c2)cc1. The Morgan fingerprint density at radius 2 is 0.717 bits per heavy atom. The van der Waals surface area contributed by atoms with Crippen LogP contribution in [0.4, 0.5) is 51.2 Å². The fourth-order valence-corrected chi connectivity index (χ4v) is 16.9. The van der Waals surface area contributed by atoms with Crippen LogP contribution in [-0.4, -0.2) is 6.71 Å². The van der Waals surface area contributed by atoms with Gasteiger partial charge in [0.25, 0.3) is 6.71 Å². The first kappa shape index (κ1) is 63.8. The molecule has 0 spiro atoms. The Labute approximate surface area is 591 Å². The van der Waals surface area contributed by atoms with Gasteiger partial charge in [-0.05, 0) is 217 Å². The molecule has 13 aromatic carbocycles. The highest BCUT2D eigenvalue weighted by Crippen LogP contribution is 2.54. The van der Waals surface area contributed by atoms with Gasteiger partial charge in [0.1, 0.15) is 0 Å². The van der Waals surface area contributed by atoms with Crippen LogP contribution >= 0.6 is 11.3 Å². The summed E-state index contributed by atoms with van der Waals surface area (Å²) < 4.78 is 2.63. The zero-order chi connectivity index (χ0) is 68.8. The van der Waals surface area contributed by atoms with Gasteiger partial charge in [0.2, 0.25) is 0 Å². The molecular formula is C94H88BN3S. The number of hydrogen-bond acceptors (Lipinski definition) is 4. The standard InChI is InChI=1S/C94H88BN3S/c1-90(2,3)64-39-34-59(35-40-64)62-50-63(60-36-41-65(42-37-60)91(4,5)6)52-71(51-62)97-84-57-72(96(69-26-18-16-19-27-69)70-28-20-17-21-29-70)58-85-87(84)95(89-88(97)80-55-67(93(10,11)12)45-49-86(80)99-89)81-56-68(94(13,14)15)44-48-83(81)98(85)82-47-43-66(92(7,8)9)54-78(82)61-38-46-77-75-32-23-22-30-73(75)74-31-24-25-33-76(74)79(77)53-61/h16-58H,1-15H3. The molecule has 99 heavy (non-hydrogen) atoms. The lowest BCUT2D eigenvalue weighted by molar-refractivity contribution is 0.590. The molecule has 2 aliphatic heterocycles. The first-order valence-electron chi connectivity index (χ1n) is 35.5. The van der Waals surface area contributed by atoms with Crippen molar-refractivity contribution in [1.29, 1.82) is 0 Å². The van der Waals surface area contributed by atoms with Crippen LogP contribution in [0.25, 0.3) is 75.8 Å². The van der Waals surface area contributed by atoms with E-state index >= 15 is 0 Å². The van der Waals surface area contributed by atoms with Crippen LogP contribution in [0, 0.1) is 0 Å². The van der Waals surface area contributed by atoms with Gasteiger partial charge in [0.05, 0.1) is 17.1 Å². The summed E-state index contributed by atoms with van der Waals surface area (Å²) in [6, 6.07) is 101. The van der Waals surface area contributed by atoms with E-state index in [1.807, 2.05) is 11.3 Å². The molecule has 3 nitrogen and oxygen atoms in total. The minimum atomic E-state index is -0.147. The van der Waals surface area contributed by atoms with Crippen molar-refractivity contribution < 1.29 is 0 Å². The molecule has 0 fully saturated rings. The molecule has 1 aromatic heterocycles. The van der Waals surface area contributed by atoms with Gasteiger partial charge in [0, 0.05) is 54.6 Å². The van der Waals surface area contributed by atoms with Crippen LogP contribution in [0.3, 0.4) is 0 Å². The van der Waals surface area contributed by atoms with Crippen molar-refractivity contribution in [2.24, 2.45) is 0 Å². The molecule has 0 radical (unpaired) electrons. The van der Waals surface area contributed by atoms with E-state index in [0.717, 1.165) is 39.8 Å². The van der Waals surface area contributed by atoms with Gasteiger partial charge in [-0.25, -0.2) is 0 Å². The minimum absolute atomic E-state index is 0.000270. The lowest BCUT2D eigenvalue weighted by atomic mass is 9.36. The Bertz CT molecular complexity index is 5360. The van der Waals surface area contributed by atoms with Crippen LogP contribution in [0.2, 0.25) is 0 Å². The average molecular weight is 1300 g/mol. The van der Waals surface area contributed by atoms with E-state index in [0.29, 0.717) is 0 Å². The highest BCUT2D eigenvalue weighted by atomic mass is 32.1. The monoisotopic (exact) mass is 1300 g/mol. The molecular weight excluding hydrogens is 1210 g/mol. The van der Waals surface area contributed by atoms with Crippen molar-refractivity contribution in [3.63, 3.8) is 0 Å². The third kappa shape index (κ3) is 11.1. The van der Waals surface area contributed by atoms with E-state index in [4.69, 9.17) is 0 Å². The summed E-state index contributed by atoms with van der Waals surface area (Å²) in [4.78, 5) is 7.88. The quantitative estimate of drug-likeness (QED) is 0.111. The van der Waals surface area contributed by atoms with E-state index in [2.05, 4.69) is 379 Å². The maximum atomic E-state index is 2.72. The fraction of sp³-hybridized carbons (Fsp3) is 0.213. The summed E-state index contributed by atoms with van der Waals surface area (Å²) in [6.07, 6.45) is 0. The predicted octanol–water partition coefficient (Wildman–Crippen LogP) is 25.4. The number of hydrogen-bond donors (Lipinski definition) is 0. The number of anilines is 9. The second kappa shape index (κ2) is 23.4. The van der Waals surface area contributed by atoms with Gasteiger partial charge < -0.3 is 14.7 Å².